The molecular weight excluding hydrogens is 310 g/mol. The second kappa shape index (κ2) is 9.54. The maximum absolute atomic E-state index is 12.4. The second-order valence-electron chi connectivity index (χ2n) is 5.95. The van der Waals surface area contributed by atoms with Gasteiger partial charge in [-0.3, -0.25) is 15.0 Å². The maximum Gasteiger partial charge on any atom is 0.428 e. The maximum atomic E-state index is 12.4. The Hall–Kier alpha value is -2.57. The molecule has 1 aromatic carbocycles. The van der Waals surface area contributed by atoms with Crippen LogP contribution in [0.5, 0.6) is 0 Å². The van der Waals surface area contributed by atoms with Gasteiger partial charge in [0.25, 0.3) is 5.91 Å². The Morgan fingerprint density at radius 2 is 1.79 bits per heavy atom. The topological polar surface area (TPSA) is 87.7 Å². The first kappa shape index (κ1) is 19.5. The summed E-state index contributed by atoms with van der Waals surface area (Å²) in [6.45, 7) is 5.43. The number of carbonyl (C=O) groups excluding carboxylic acids is 3. The molecule has 24 heavy (non-hydrogen) atoms. The molecule has 0 aliphatic rings. The predicted molar refractivity (Wildman–Crippen MR) is 89.8 cm³/mol. The van der Waals surface area contributed by atoms with Crippen LogP contribution in [0.25, 0.3) is 0 Å². The van der Waals surface area contributed by atoms with Crippen LogP contribution in [0, 0.1) is 5.92 Å². The molecular formula is C17H25N3O4. The van der Waals surface area contributed by atoms with Crippen molar-refractivity contribution in [2.45, 2.75) is 33.2 Å². The zero-order valence-corrected chi connectivity index (χ0v) is 14.5. The van der Waals surface area contributed by atoms with Crippen LogP contribution in [0.4, 0.5) is 4.79 Å². The van der Waals surface area contributed by atoms with Crippen LogP contribution >= 0.6 is 0 Å². The Bertz CT molecular complexity index is 560. The molecule has 0 bridgehead atoms. The zero-order valence-electron chi connectivity index (χ0n) is 14.5. The average Bonchev–Trinajstić information content (AvgIpc) is 2.52. The summed E-state index contributed by atoms with van der Waals surface area (Å²) in [5, 5.41) is 3.57. The molecule has 1 atom stereocenters. The highest BCUT2D eigenvalue weighted by Gasteiger charge is 2.23. The number of amides is 3. The quantitative estimate of drug-likeness (QED) is 0.771. The van der Waals surface area contributed by atoms with Crippen molar-refractivity contribution >= 4 is 17.9 Å². The smallest absolute Gasteiger partial charge is 0.428 e. The molecule has 2 N–H and O–H groups in total. The van der Waals surface area contributed by atoms with Crippen LogP contribution in [0.1, 0.15) is 26.3 Å². The summed E-state index contributed by atoms with van der Waals surface area (Å²) in [5.41, 5.74) is 3.33. The van der Waals surface area contributed by atoms with Gasteiger partial charge in [-0.1, -0.05) is 44.2 Å². The highest BCUT2D eigenvalue weighted by atomic mass is 16.6. The van der Waals surface area contributed by atoms with Gasteiger partial charge in [0.15, 0.2) is 0 Å². The third-order valence-electron chi connectivity index (χ3n) is 3.07. The van der Waals surface area contributed by atoms with E-state index in [1.807, 2.05) is 44.2 Å². The van der Waals surface area contributed by atoms with E-state index in [0.29, 0.717) is 6.42 Å². The second-order valence-corrected chi connectivity index (χ2v) is 5.95. The first-order valence-corrected chi connectivity index (χ1v) is 7.81. The predicted octanol–water partition coefficient (Wildman–Crippen LogP) is 1.49. The summed E-state index contributed by atoms with van der Waals surface area (Å²) < 4.78 is 5.03. The van der Waals surface area contributed by atoms with Gasteiger partial charge in [0.05, 0.1) is 6.61 Å². The van der Waals surface area contributed by atoms with E-state index in [-0.39, 0.29) is 18.4 Å². The third-order valence-corrected chi connectivity index (χ3v) is 3.07. The molecule has 1 aromatic rings. The number of nitrogens with one attached hydrogen (secondary N) is 2. The SMILES string of the molecule is CC(=O)N[C@@H](Cc1ccccc1)C(=O)NN(C)C(=O)OCC(C)C. The lowest BCUT2D eigenvalue weighted by Crippen LogP contribution is -2.53. The van der Waals surface area contributed by atoms with Crippen molar-refractivity contribution in [3.63, 3.8) is 0 Å². The van der Waals surface area contributed by atoms with E-state index in [1.54, 1.807) is 0 Å². The first-order valence-electron chi connectivity index (χ1n) is 7.81. The van der Waals surface area contributed by atoms with Crippen LogP contribution < -0.4 is 10.7 Å². The molecule has 0 radical (unpaired) electrons. The Labute approximate surface area is 142 Å². The lowest BCUT2D eigenvalue weighted by molar-refractivity contribution is -0.130. The molecule has 3 amide bonds. The highest BCUT2D eigenvalue weighted by Crippen LogP contribution is 2.04. The van der Waals surface area contributed by atoms with E-state index in [9.17, 15) is 14.4 Å². The van der Waals surface area contributed by atoms with Gasteiger partial charge in [-0.15, -0.1) is 0 Å². The number of hydrazine groups is 1. The lowest BCUT2D eigenvalue weighted by atomic mass is 10.1. The van der Waals surface area contributed by atoms with Crippen molar-refractivity contribution in [1.82, 2.24) is 15.8 Å². The summed E-state index contributed by atoms with van der Waals surface area (Å²) in [6.07, 6.45) is -0.334. The summed E-state index contributed by atoms with van der Waals surface area (Å²) in [4.78, 5) is 35.5. The summed E-state index contributed by atoms with van der Waals surface area (Å²) in [6, 6.07) is 8.52. The largest absolute Gasteiger partial charge is 0.448 e. The van der Waals surface area contributed by atoms with Gasteiger partial charge < -0.3 is 10.1 Å². The highest BCUT2D eigenvalue weighted by molar-refractivity contribution is 5.88. The molecule has 0 aromatic heterocycles. The molecule has 0 saturated heterocycles. The number of ether oxygens (including phenoxy) is 1. The molecule has 0 fully saturated rings. The zero-order chi connectivity index (χ0) is 18.1. The van der Waals surface area contributed by atoms with Crippen molar-refractivity contribution < 1.29 is 19.1 Å². The number of hydrogen-bond acceptors (Lipinski definition) is 4. The van der Waals surface area contributed by atoms with E-state index in [4.69, 9.17) is 4.74 Å². The standard InChI is InChI=1S/C17H25N3O4/c1-12(2)11-24-17(23)20(4)19-16(22)15(18-13(3)21)10-14-8-6-5-7-9-14/h5-9,12,15H,10-11H2,1-4H3,(H,18,21)(H,19,22)/t15-/m0/s1. The minimum atomic E-state index is -0.787. The minimum absolute atomic E-state index is 0.197. The monoisotopic (exact) mass is 335 g/mol. The summed E-state index contributed by atoms with van der Waals surface area (Å²) in [5.74, 6) is -0.613. The Balaban J connectivity index is 2.66. The Kier molecular flexibility index (Phi) is 7.74. The summed E-state index contributed by atoms with van der Waals surface area (Å²) >= 11 is 0. The van der Waals surface area contributed by atoms with Gasteiger partial charge >= 0.3 is 6.09 Å². The summed E-state index contributed by atoms with van der Waals surface area (Å²) in [7, 11) is 1.40. The van der Waals surface area contributed by atoms with Crippen LogP contribution in [0.15, 0.2) is 30.3 Å². The Morgan fingerprint density at radius 1 is 1.17 bits per heavy atom. The molecule has 0 unspecified atom stereocenters. The molecule has 7 heteroatoms. The van der Waals surface area contributed by atoms with Gasteiger partial charge in [0.2, 0.25) is 5.91 Å². The molecule has 0 spiro atoms. The molecule has 132 valence electrons. The number of rotatable bonds is 6. The third kappa shape index (κ3) is 7.13. The number of benzene rings is 1. The number of nitrogens with zero attached hydrogens (tertiary/aromatic N) is 1. The first-order chi connectivity index (χ1) is 11.3. The van der Waals surface area contributed by atoms with Crippen LogP contribution in [0.2, 0.25) is 0 Å². The molecule has 0 aliphatic carbocycles. The van der Waals surface area contributed by atoms with Crippen molar-refractivity contribution in [3.8, 4) is 0 Å². The normalized spacial score (nSPS) is 11.5. The van der Waals surface area contributed by atoms with Crippen LogP contribution in [-0.2, 0) is 20.7 Å². The van der Waals surface area contributed by atoms with Crippen molar-refractivity contribution in [1.29, 1.82) is 0 Å². The van der Waals surface area contributed by atoms with E-state index in [1.165, 1.54) is 14.0 Å². The Morgan fingerprint density at radius 3 is 2.33 bits per heavy atom. The van der Waals surface area contributed by atoms with E-state index in [2.05, 4.69) is 10.7 Å². The van der Waals surface area contributed by atoms with Crippen LogP contribution in [0.3, 0.4) is 0 Å². The number of carbonyl (C=O) groups is 3. The van der Waals surface area contributed by atoms with Crippen LogP contribution in [-0.4, -0.2) is 42.6 Å². The molecule has 7 nitrogen and oxygen atoms in total. The fourth-order valence-electron chi connectivity index (χ4n) is 1.93. The van der Waals surface area contributed by atoms with Gasteiger partial charge in [0.1, 0.15) is 6.04 Å². The van der Waals surface area contributed by atoms with Crippen molar-refractivity contribution in [3.05, 3.63) is 35.9 Å². The van der Waals surface area contributed by atoms with Gasteiger partial charge in [0, 0.05) is 20.4 Å². The van der Waals surface area contributed by atoms with E-state index >= 15 is 0 Å². The minimum Gasteiger partial charge on any atom is -0.448 e. The molecule has 0 saturated carbocycles. The van der Waals surface area contributed by atoms with Crippen molar-refractivity contribution in [2.24, 2.45) is 5.92 Å². The fraction of sp³-hybridized carbons (Fsp3) is 0.471. The van der Waals surface area contributed by atoms with Gasteiger partial charge in [-0.05, 0) is 11.5 Å². The van der Waals surface area contributed by atoms with Gasteiger partial charge in [-0.2, -0.15) is 0 Å². The molecule has 0 heterocycles. The van der Waals surface area contributed by atoms with E-state index < -0.39 is 18.0 Å². The van der Waals surface area contributed by atoms with E-state index in [0.717, 1.165) is 10.6 Å². The molecule has 0 aliphatic heterocycles. The fourth-order valence-corrected chi connectivity index (χ4v) is 1.93. The van der Waals surface area contributed by atoms with Gasteiger partial charge in [-0.25, -0.2) is 9.80 Å². The molecule has 1 rings (SSSR count). The average molecular weight is 335 g/mol. The lowest BCUT2D eigenvalue weighted by Gasteiger charge is -2.23. The van der Waals surface area contributed by atoms with Crippen molar-refractivity contribution in [2.75, 3.05) is 13.7 Å². The number of hydrogen-bond donors (Lipinski definition) is 2.